The number of amides is 1. The number of H-pyrrole nitrogens is 1. The Morgan fingerprint density at radius 3 is 2.45 bits per heavy atom. The number of hydrogen-bond acceptors (Lipinski definition) is 7. The summed E-state index contributed by atoms with van der Waals surface area (Å²) in [5, 5.41) is 2.58. The first-order chi connectivity index (χ1) is 15.5. The van der Waals surface area contributed by atoms with E-state index >= 15 is 0 Å². The van der Waals surface area contributed by atoms with Gasteiger partial charge in [-0.05, 0) is 51.5 Å². The standard InChI is InChI=1S/C22H27N3O7S/c1-13-19(15(3)26)14(2)23-20(13)22(28)32-16(4)21(27)24-17-6-5-7-18(12-17)33(29,30)25-8-10-31-11-9-25/h5-7,12,16,23H,8-11H2,1-4H3,(H,24,27). The van der Waals surface area contributed by atoms with Crippen LogP contribution < -0.4 is 5.32 Å². The van der Waals surface area contributed by atoms with Gasteiger partial charge < -0.3 is 19.8 Å². The molecule has 1 fully saturated rings. The van der Waals surface area contributed by atoms with E-state index in [1.54, 1.807) is 19.9 Å². The first-order valence-corrected chi connectivity index (χ1v) is 11.9. The number of ether oxygens (including phenoxy) is 2. The van der Waals surface area contributed by atoms with Crippen molar-refractivity contribution < 1.29 is 32.3 Å². The second-order valence-corrected chi connectivity index (χ2v) is 9.70. The molecule has 1 amide bonds. The highest BCUT2D eigenvalue weighted by molar-refractivity contribution is 7.89. The lowest BCUT2D eigenvalue weighted by atomic mass is 10.1. The van der Waals surface area contributed by atoms with Crippen LogP contribution in [0.1, 0.15) is 46.0 Å². The highest BCUT2D eigenvalue weighted by Crippen LogP contribution is 2.22. The summed E-state index contributed by atoms with van der Waals surface area (Å²) in [6.07, 6.45) is -1.17. The molecule has 0 bridgehead atoms. The Labute approximate surface area is 192 Å². The van der Waals surface area contributed by atoms with Crippen molar-refractivity contribution in [2.75, 3.05) is 31.6 Å². The number of morpholine rings is 1. The third-order valence-corrected chi connectivity index (χ3v) is 7.25. The molecular weight excluding hydrogens is 450 g/mol. The monoisotopic (exact) mass is 477 g/mol. The number of nitrogens with zero attached hydrogens (tertiary/aromatic N) is 1. The number of carbonyl (C=O) groups excluding carboxylic acids is 3. The van der Waals surface area contributed by atoms with Crippen molar-refractivity contribution in [1.82, 2.24) is 9.29 Å². The summed E-state index contributed by atoms with van der Waals surface area (Å²) in [6.45, 7) is 7.28. The predicted molar refractivity (Wildman–Crippen MR) is 120 cm³/mol. The summed E-state index contributed by atoms with van der Waals surface area (Å²) in [5.41, 5.74) is 1.78. The van der Waals surface area contributed by atoms with E-state index in [2.05, 4.69) is 10.3 Å². The molecule has 1 aliphatic rings. The molecule has 1 aromatic carbocycles. The van der Waals surface area contributed by atoms with Crippen LogP contribution in [0.15, 0.2) is 29.2 Å². The van der Waals surface area contributed by atoms with Crippen LogP contribution in [-0.2, 0) is 24.3 Å². The fourth-order valence-corrected chi connectivity index (χ4v) is 5.12. The molecule has 3 rings (SSSR count). The van der Waals surface area contributed by atoms with E-state index in [0.29, 0.717) is 30.0 Å². The number of nitrogens with one attached hydrogen (secondary N) is 2. The molecule has 2 aromatic rings. The molecule has 1 aromatic heterocycles. The van der Waals surface area contributed by atoms with Gasteiger partial charge in [0.2, 0.25) is 10.0 Å². The fourth-order valence-electron chi connectivity index (χ4n) is 3.67. The van der Waals surface area contributed by atoms with Crippen LogP contribution in [0.5, 0.6) is 0 Å². The number of carbonyl (C=O) groups is 3. The number of ketones is 1. The summed E-state index contributed by atoms with van der Waals surface area (Å²) in [6, 6.07) is 5.87. The zero-order chi connectivity index (χ0) is 24.3. The Bertz CT molecular complexity index is 1180. The van der Waals surface area contributed by atoms with Crippen LogP contribution in [0.4, 0.5) is 5.69 Å². The molecular formula is C22H27N3O7S. The lowest BCUT2D eigenvalue weighted by molar-refractivity contribution is -0.123. The maximum atomic E-state index is 12.8. The number of hydrogen-bond donors (Lipinski definition) is 2. The lowest BCUT2D eigenvalue weighted by Gasteiger charge is -2.26. The van der Waals surface area contributed by atoms with Gasteiger partial charge in [-0.2, -0.15) is 4.31 Å². The quantitative estimate of drug-likeness (QED) is 0.460. The van der Waals surface area contributed by atoms with Gasteiger partial charge in [-0.3, -0.25) is 9.59 Å². The molecule has 2 heterocycles. The molecule has 1 saturated heterocycles. The first kappa shape index (κ1) is 24.6. The second-order valence-electron chi connectivity index (χ2n) is 7.76. The van der Waals surface area contributed by atoms with Gasteiger partial charge in [0, 0.05) is 30.0 Å². The molecule has 0 saturated carbocycles. The van der Waals surface area contributed by atoms with Gasteiger partial charge in [0.1, 0.15) is 5.69 Å². The van der Waals surface area contributed by atoms with Gasteiger partial charge in [0.15, 0.2) is 11.9 Å². The van der Waals surface area contributed by atoms with Crippen LogP contribution in [0, 0.1) is 13.8 Å². The minimum Gasteiger partial charge on any atom is -0.448 e. The summed E-state index contributed by atoms with van der Waals surface area (Å²) < 4.78 is 37.5. The number of esters is 1. The minimum atomic E-state index is -3.72. The summed E-state index contributed by atoms with van der Waals surface area (Å²) in [7, 11) is -3.72. The molecule has 11 heteroatoms. The zero-order valence-corrected chi connectivity index (χ0v) is 19.7. The van der Waals surface area contributed by atoms with Crippen LogP contribution >= 0.6 is 0 Å². The minimum absolute atomic E-state index is 0.0427. The largest absolute Gasteiger partial charge is 0.448 e. The van der Waals surface area contributed by atoms with Crippen molar-refractivity contribution in [2.24, 2.45) is 0 Å². The van der Waals surface area contributed by atoms with Gasteiger partial charge in [-0.1, -0.05) is 6.07 Å². The maximum Gasteiger partial charge on any atom is 0.355 e. The number of aryl methyl sites for hydroxylation is 1. The number of Topliss-reactive ketones (excluding diaryl/α,β-unsaturated/α-hetero) is 1. The smallest absolute Gasteiger partial charge is 0.355 e. The number of rotatable bonds is 7. The molecule has 10 nitrogen and oxygen atoms in total. The first-order valence-electron chi connectivity index (χ1n) is 10.4. The predicted octanol–water partition coefficient (Wildman–Crippen LogP) is 2.04. The zero-order valence-electron chi connectivity index (χ0n) is 18.9. The SMILES string of the molecule is CC(=O)c1c(C)[nH]c(C(=O)OC(C)C(=O)Nc2cccc(S(=O)(=O)N3CCOCC3)c2)c1C. The molecule has 0 aliphatic carbocycles. The number of anilines is 1. The van der Waals surface area contributed by atoms with E-state index in [0.717, 1.165) is 0 Å². The summed E-state index contributed by atoms with van der Waals surface area (Å²) in [4.78, 5) is 39.8. The van der Waals surface area contributed by atoms with Crippen LogP contribution in [-0.4, -0.2) is 67.8 Å². The number of aromatic amines is 1. The lowest BCUT2D eigenvalue weighted by Crippen LogP contribution is -2.40. The Morgan fingerprint density at radius 1 is 1.18 bits per heavy atom. The molecule has 1 aliphatic heterocycles. The Kier molecular flexibility index (Phi) is 7.35. The van der Waals surface area contributed by atoms with E-state index in [1.807, 2.05) is 0 Å². The van der Waals surface area contributed by atoms with Crippen LogP contribution in [0.2, 0.25) is 0 Å². The highest BCUT2D eigenvalue weighted by Gasteiger charge is 2.28. The van der Waals surface area contributed by atoms with Gasteiger partial charge in [-0.15, -0.1) is 0 Å². The Morgan fingerprint density at radius 2 is 1.85 bits per heavy atom. The number of sulfonamides is 1. The number of aromatic nitrogens is 1. The van der Waals surface area contributed by atoms with Crippen molar-refractivity contribution in [1.29, 1.82) is 0 Å². The fraction of sp³-hybridized carbons (Fsp3) is 0.409. The van der Waals surface area contributed by atoms with E-state index < -0.39 is 28.0 Å². The molecule has 1 unspecified atom stereocenters. The maximum absolute atomic E-state index is 12.8. The van der Waals surface area contributed by atoms with E-state index in [4.69, 9.17) is 9.47 Å². The van der Waals surface area contributed by atoms with Crippen molar-refractivity contribution in [2.45, 2.75) is 38.7 Å². The van der Waals surface area contributed by atoms with Crippen LogP contribution in [0.3, 0.4) is 0 Å². The van der Waals surface area contributed by atoms with E-state index in [9.17, 15) is 22.8 Å². The van der Waals surface area contributed by atoms with Crippen LogP contribution in [0.25, 0.3) is 0 Å². The van der Waals surface area contributed by atoms with Crippen molar-refractivity contribution in [3.05, 3.63) is 46.8 Å². The molecule has 2 N–H and O–H groups in total. The molecule has 0 spiro atoms. The molecule has 0 radical (unpaired) electrons. The second kappa shape index (κ2) is 9.86. The van der Waals surface area contributed by atoms with Crippen molar-refractivity contribution in [3.8, 4) is 0 Å². The number of benzene rings is 1. The van der Waals surface area contributed by atoms with Crippen molar-refractivity contribution in [3.63, 3.8) is 0 Å². The molecule has 1 atom stereocenters. The molecule has 33 heavy (non-hydrogen) atoms. The average molecular weight is 478 g/mol. The van der Waals surface area contributed by atoms with E-state index in [-0.39, 0.29) is 35.1 Å². The third kappa shape index (κ3) is 5.32. The Balaban J connectivity index is 1.69. The third-order valence-electron chi connectivity index (χ3n) is 5.36. The van der Waals surface area contributed by atoms with Gasteiger partial charge in [-0.25, -0.2) is 13.2 Å². The van der Waals surface area contributed by atoms with Crippen molar-refractivity contribution >= 4 is 33.4 Å². The summed E-state index contributed by atoms with van der Waals surface area (Å²) >= 11 is 0. The topological polar surface area (TPSA) is 135 Å². The van der Waals surface area contributed by atoms with Gasteiger partial charge >= 0.3 is 5.97 Å². The average Bonchev–Trinajstić information content (AvgIpc) is 3.08. The Hall–Kier alpha value is -3.02. The van der Waals surface area contributed by atoms with Gasteiger partial charge in [0.05, 0.1) is 18.1 Å². The normalized spacial score (nSPS) is 15.6. The highest BCUT2D eigenvalue weighted by atomic mass is 32.2. The summed E-state index contributed by atoms with van der Waals surface area (Å²) in [5.74, 6) is -1.58. The van der Waals surface area contributed by atoms with Gasteiger partial charge in [0.25, 0.3) is 5.91 Å². The van der Waals surface area contributed by atoms with E-state index in [1.165, 1.54) is 36.4 Å². The molecule has 178 valence electrons.